The number of amides is 1. The quantitative estimate of drug-likeness (QED) is 0.527. The summed E-state index contributed by atoms with van der Waals surface area (Å²) < 4.78 is 44.0. The van der Waals surface area contributed by atoms with E-state index in [0.717, 1.165) is 24.3 Å². The molecule has 2 N–H and O–H groups in total. The van der Waals surface area contributed by atoms with Crippen molar-refractivity contribution < 1.29 is 27.1 Å². The van der Waals surface area contributed by atoms with E-state index in [0.29, 0.717) is 0 Å². The third-order valence-corrected chi connectivity index (χ3v) is 4.45. The number of carbonyl (C=O) groups is 2. The molecule has 0 saturated heterocycles. The van der Waals surface area contributed by atoms with E-state index in [1.54, 1.807) is 0 Å². The van der Waals surface area contributed by atoms with E-state index in [1.165, 1.54) is 19.9 Å². The fourth-order valence-corrected chi connectivity index (χ4v) is 2.80. The summed E-state index contributed by atoms with van der Waals surface area (Å²) in [6, 6.07) is 2.89. The molecule has 0 unspecified atom stereocenters. The molecule has 0 heterocycles. The van der Waals surface area contributed by atoms with Crippen LogP contribution in [0.3, 0.4) is 0 Å². The Hall–Kier alpha value is -2.26. The van der Waals surface area contributed by atoms with Gasteiger partial charge in [0.1, 0.15) is 11.9 Å². The van der Waals surface area contributed by atoms with Crippen molar-refractivity contribution in [3.8, 4) is 0 Å². The van der Waals surface area contributed by atoms with E-state index >= 15 is 0 Å². The van der Waals surface area contributed by atoms with Crippen LogP contribution in [0.15, 0.2) is 41.8 Å². The van der Waals surface area contributed by atoms with Gasteiger partial charge in [-0.25, -0.2) is 12.8 Å². The lowest BCUT2D eigenvalue weighted by atomic mass is 10.3. The van der Waals surface area contributed by atoms with Crippen molar-refractivity contribution in [1.82, 2.24) is 10.0 Å². The molecule has 0 aliphatic heterocycles. The molecule has 1 amide bonds. The summed E-state index contributed by atoms with van der Waals surface area (Å²) in [7, 11) is -4.02. The van der Waals surface area contributed by atoms with Gasteiger partial charge < -0.3 is 10.1 Å². The SMILES string of the molecule is C=CCNC(=O)[C@H](C)OC(=O)[C@H](C)NS(=O)(=O)c1ccc(F)cc1. The van der Waals surface area contributed by atoms with Gasteiger partial charge in [0.25, 0.3) is 5.91 Å². The van der Waals surface area contributed by atoms with Gasteiger partial charge in [-0.05, 0) is 38.1 Å². The molecule has 9 heteroatoms. The predicted molar refractivity (Wildman–Crippen MR) is 84.9 cm³/mol. The molecule has 1 aromatic carbocycles. The number of ether oxygens (including phenoxy) is 1. The first-order valence-corrected chi connectivity index (χ1v) is 8.52. The maximum Gasteiger partial charge on any atom is 0.324 e. The number of esters is 1. The monoisotopic (exact) mass is 358 g/mol. The lowest BCUT2D eigenvalue weighted by Crippen LogP contribution is -2.43. The minimum atomic E-state index is -4.02. The van der Waals surface area contributed by atoms with Crippen LogP contribution in [0.1, 0.15) is 13.8 Å². The average molecular weight is 358 g/mol. The molecule has 0 spiro atoms. The van der Waals surface area contributed by atoms with Gasteiger partial charge in [0.15, 0.2) is 6.10 Å². The molecule has 0 aliphatic rings. The van der Waals surface area contributed by atoms with E-state index < -0.39 is 39.9 Å². The van der Waals surface area contributed by atoms with Crippen LogP contribution in [0.25, 0.3) is 0 Å². The summed E-state index contributed by atoms with van der Waals surface area (Å²) in [5.74, 6) is -2.03. The van der Waals surface area contributed by atoms with E-state index in [4.69, 9.17) is 4.74 Å². The second kappa shape index (κ2) is 8.55. The van der Waals surface area contributed by atoms with Crippen LogP contribution >= 0.6 is 0 Å². The highest BCUT2D eigenvalue weighted by atomic mass is 32.2. The Kier molecular flexibility index (Phi) is 7.05. The largest absolute Gasteiger partial charge is 0.451 e. The van der Waals surface area contributed by atoms with Gasteiger partial charge in [-0.15, -0.1) is 6.58 Å². The molecule has 132 valence electrons. The van der Waals surface area contributed by atoms with Crippen LogP contribution in [-0.2, 0) is 24.3 Å². The van der Waals surface area contributed by atoms with Gasteiger partial charge >= 0.3 is 5.97 Å². The molecule has 0 radical (unpaired) electrons. The van der Waals surface area contributed by atoms with Gasteiger partial charge in [0, 0.05) is 6.54 Å². The van der Waals surface area contributed by atoms with Gasteiger partial charge in [0.05, 0.1) is 4.90 Å². The highest BCUT2D eigenvalue weighted by Crippen LogP contribution is 2.10. The van der Waals surface area contributed by atoms with Crippen LogP contribution in [0.4, 0.5) is 4.39 Å². The lowest BCUT2D eigenvalue weighted by Gasteiger charge is -2.17. The van der Waals surface area contributed by atoms with Crippen molar-refractivity contribution in [2.75, 3.05) is 6.54 Å². The Morgan fingerprint density at radius 2 is 1.88 bits per heavy atom. The smallest absolute Gasteiger partial charge is 0.324 e. The predicted octanol–water partition coefficient (Wildman–Crippen LogP) is 0.726. The lowest BCUT2D eigenvalue weighted by molar-refractivity contribution is -0.155. The van der Waals surface area contributed by atoms with Crippen molar-refractivity contribution in [2.45, 2.75) is 30.9 Å². The number of carbonyl (C=O) groups excluding carboxylic acids is 2. The van der Waals surface area contributed by atoms with E-state index in [9.17, 15) is 22.4 Å². The Bertz CT molecular complexity index is 703. The van der Waals surface area contributed by atoms with Gasteiger partial charge in [0.2, 0.25) is 10.0 Å². The summed E-state index contributed by atoms with van der Waals surface area (Å²) in [6.45, 7) is 6.28. The van der Waals surface area contributed by atoms with Crippen molar-refractivity contribution in [3.05, 3.63) is 42.7 Å². The number of hydrogen-bond donors (Lipinski definition) is 2. The zero-order chi connectivity index (χ0) is 18.3. The molecule has 7 nitrogen and oxygen atoms in total. The standard InChI is InChI=1S/C15H19FN2O5S/c1-4-9-17-14(19)11(3)23-15(20)10(2)18-24(21,22)13-7-5-12(16)6-8-13/h4-8,10-11,18H,1,9H2,2-3H3,(H,17,19)/t10-,11-/m0/s1. The minimum Gasteiger partial charge on any atom is -0.451 e. The normalized spacial score (nSPS) is 13.6. The summed E-state index contributed by atoms with van der Waals surface area (Å²) in [5, 5.41) is 2.45. The fraction of sp³-hybridized carbons (Fsp3) is 0.333. The molecule has 0 aliphatic carbocycles. The van der Waals surface area contributed by atoms with Crippen LogP contribution < -0.4 is 10.0 Å². The number of nitrogens with one attached hydrogen (secondary N) is 2. The second-order valence-electron chi connectivity index (χ2n) is 4.91. The van der Waals surface area contributed by atoms with Crippen LogP contribution in [0, 0.1) is 5.82 Å². The van der Waals surface area contributed by atoms with Crippen LogP contribution in [0.5, 0.6) is 0 Å². The molecule has 2 atom stereocenters. The van der Waals surface area contributed by atoms with Crippen molar-refractivity contribution in [1.29, 1.82) is 0 Å². The Labute approximate surface area is 139 Å². The Morgan fingerprint density at radius 3 is 2.42 bits per heavy atom. The van der Waals surface area contributed by atoms with E-state index in [-0.39, 0.29) is 11.4 Å². The molecule has 0 saturated carbocycles. The summed E-state index contributed by atoms with van der Waals surface area (Å²) in [4.78, 5) is 23.3. The van der Waals surface area contributed by atoms with Crippen molar-refractivity contribution in [3.63, 3.8) is 0 Å². The highest BCUT2D eigenvalue weighted by molar-refractivity contribution is 7.89. The summed E-state index contributed by atoms with van der Waals surface area (Å²) >= 11 is 0. The van der Waals surface area contributed by atoms with Crippen LogP contribution in [0.2, 0.25) is 0 Å². The zero-order valence-corrected chi connectivity index (χ0v) is 14.1. The first kappa shape index (κ1) is 19.8. The van der Waals surface area contributed by atoms with Crippen LogP contribution in [-0.4, -0.2) is 39.0 Å². The first-order chi connectivity index (χ1) is 11.2. The first-order valence-electron chi connectivity index (χ1n) is 7.04. The Balaban J connectivity index is 2.67. The van der Waals surface area contributed by atoms with Gasteiger partial charge in [-0.3, -0.25) is 9.59 Å². The molecule has 0 bridgehead atoms. The number of benzene rings is 1. The maximum atomic E-state index is 12.8. The minimum absolute atomic E-state index is 0.194. The average Bonchev–Trinajstić information content (AvgIpc) is 2.52. The van der Waals surface area contributed by atoms with E-state index in [1.807, 2.05) is 0 Å². The maximum absolute atomic E-state index is 12.8. The second-order valence-corrected chi connectivity index (χ2v) is 6.62. The molecule has 24 heavy (non-hydrogen) atoms. The number of sulfonamides is 1. The fourth-order valence-electron chi connectivity index (χ4n) is 1.61. The molecule has 0 aromatic heterocycles. The Morgan fingerprint density at radius 1 is 1.29 bits per heavy atom. The number of halogens is 1. The van der Waals surface area contributed by atoms with Gasteiger partial charge in [-0.2, -0.15) is 4.72 Å². The van der Waals surface area contributed by atoms with Crippen molar-refractivity contribution >= 4 is 21.9 Å². The zero-order valence-electron chi connectivity index (χ0n) is 13.3. The summed E-state index contributed by atoms with van der Waals surface area (Å²) in [5.41, 5.74) is 0. The van der Waals surface area contributed by atoms with E-state index in [2.05, 4.69) is 16.6 Å². The molecule has 1 rings (SSSR count). The molecular weight excluding hydrogens is 339 g/mol. The number of rotatable bonds is 8. The third kappa shape index (κ3) is 5.74. The molecular formula is C15H19FN2O5S. The third-order valence-electron chi connectivity index (χ3n) is 2.89. The van der Waals surface area contributed by atoms with Gasteiger partial charge in [-0.1, -0.05) is 6.08 Å². The molecule has 0 fully saturated rings. The molecule has 1 aromatic rings. The topological polar surface area (TPSA) is 102 Å². The number of hydrogen-bond acceptors (Lipinski definition) is 5. The summed E-state index contributed by atoms with van der Waals surface area (Å²) in [6.07, 6.45) is 0.376. The highest BCUT2D eigenvalue weighted by Gasteiger charge is 2.26. The van der Waals surface area contributed by atoms with Crippen molar-refractivity contribution in [2.24, 2.45) is 0 Å².